The summed E-state index contributed by atoms with van der Waals surface area (Å²) in [4.78, 5) is 13.1. The van der Waals surface area contributed by atoms with Crippen molar-refractivity contribution in [1.82, 2.24) is 4.90 Å². The zero-order valence-corrected chi connectivity index (χ0v) is 7.90. The number of allylic oxidation sites excluding steroid dienone is 1. The second kappa shape index (κ2) is 3.40. The van der Waals surface area contributed by atoms with Crippen molar-refractivity contribution in [3.05, 3.63) is 12.2 Å². The molecular weight excluding hydrogens is 166 g/mol. The Labute approximate surface area is 78.4 Å². The lowest BCUT2D eigenvalue weighted by molar-refractivity contribution is 0.0893. The van der Waals surface area contributed by atoms with E-state index < -0.39 is 0 Å². The minimum Gasteiger partial charge on any atom is -0.453 e. The van der Waals surface area contributed by atoms with Gasteiger partial charge in [0.1, 0.15) is 0 Å². The van der Waals surface area contributed by atoms with Crippen LogP contribution >= 0.6 is 0 Å². The first-order valence-corrected chi connectivity index (χ1v) is 4.79. The minimum atomic E-state index is -0.176. The highest BCUT2D eigenvalue weighted by Crippen LogP contribution is 2.29. The van der Waals surface area contributed by atoms with Gasteiger partial charge in [0.15, 0.2) is 0 Å². The van der Waals surface area contributed by atoms with Gasteiger partial charge in [0, 0.05) is 13.1 Å². The Bertz CT molecular complexity index is 237. The first kappa shape index (κ1) is 8.60. The molecule has 0 spiro atoms. The molecule has 1 aliphatic heterocycles. The van der Waals surface area contributed by atoms with E-state index in [4.69, 9.17) is 4.74 Å². The van der Waals surface area contributed by atoms with Crippen molar-refractivity contribution < 1.29 is 9.53 Å². The predicted octanol–water partition coefficient (Wildman–Crippen LogP) is 1.65. The van der Waals surface area contributed by atoms with Crippen molar-refractivity contribution in [3.8, 4) is 0 Å². The molecule has 72 valence electrons. The SMILES string of the molecule is COC(=O)N1C[C@H]2C=CC[C@H](C2)C1. The molecule has 1 saturated heterocycles. The summed E-state index contributed by atoms with van der Waals surface area (Å²) in [7, 11) is 1.45. The summed E-state index contributed by atoms with van der Waals surface area (Å²) in [5.41, 5.74) is 0. The number of hydrogen-bond acceptors (Lipinski definition) is 2. The van der Waals surface area contributed by atoms with Crippen LogP contribution in [0.15, 0.2) is 12.2 Å². The van der Waals surface area contributed by atoms with E-state index in [0.717, 1.165) is 19.5 Å². The molecule has 1 amide bonds. The van der Waals surface area contributed by atoms with Gasteiger partial charge in [-0.25, -0.2) is 4.79 Å². The number of hydrogen-bond donors (Lipinski definition) is 0. The molecule has 1 heterocycles. The monoisotopic (exact) mass is 181 g/mol. The van der Waals surface area contributed by atoms with E-state index in [-0.39, 0.29) is 6.09 Å². The third kappa shape index (κ3) is 1.69. The predicted molar refractivity (Wildman–Crippen MR) is 49.3 cm³/mol. The van der Waals surface area contributed by atoms with Gasteiger partial charge in [-0.2, -0.15) is 0 Å². The van der Waals surface area contributed by atoms with Gasteiger partial charge in [0.05, 0.1) is 7.11 Å². The van der Waals surface area contributed by atoms with Crippen LogP contribution in [0.5, 0.6) is 0 Å². The summed E-state index contributed by atoms with van der Waals surface area (Å²) in [6.07, 6.45) is 6.65. The van der Waals surface area contributed by atoms with Gasteiger partial charge >= 0.3 is 6.09 Å². The number of likely N-dealkylation sites (tertiary alicyclic amines) is 1. The maximum Gasteiger partial charge on any atom is 0.409 e. The number of methoxy groups -OCH3 is 1. The van der Waals surface area contributed by atoms with Crippen LogP contribution in [0.1, 0.15) is 12.8 Å². The fraction of sp³-hybridized carbons (Fsp3) is 0.700. The molecule has 2 atom stereocenters. The van der Waals surface area contributed by atoms with E-state index in [0.29, 0.717) is 11.8 Å². The molecule has 3 nitrogen and oxygen atoms in total. The lowest BCUT2D eigenvalue weighted by Crippen LogP contribution is -2.44. The van der Waals surface area contributed by atoms with Gasteiger partial charge in [0.2, 0.25) is 0 Å². The second-order valence-corrected chi connectivity index (χ2v) is 3.90. The Kier molecular flexibility index (Phi) is 2.25. The van der Waals surface area contributed by atoms with Crippen molar-refractivity contribution in [3.63, 3.8) is 0 Å². The third-order valence-corrected chi connectivity index (χ3v) is 2.88. The van der Waals surface area contributed by atoms with Crippen LogP contribution in [0.4, 0.5) is 4.79 Å². The fourth-order valence-corrected chi connectivity index (χ4v) is 2.30. The molecular formula is C10H15NO2. The van der Waals surface area contributed by atoms with Gasteiger partial charge in [-0.1, -0.05) is 12.2 Å². The maximum absolute atomic E-state index is 11.3. The van der Waals surface area contributed by atoms with Crippen molar-refractivity contribution in [2.45, 2.75) is 12.8 Å². The zero-order chi connectivity index (χ0) is 9.26. The molecule has 0 aromatic rings. The number of fused-ring (bicyclic) bond motifs is 2. The van der Waals surface area contributed by atoms with Gasteiger partial charge in [-0.05, 0) is 24.7 Å². The van der Waals surface area contributed by atoms with Crippen molar-refractivity contribution in [1.29, 1.82) is 0 Å². The number of nitrogens with zero attached hydrogens (tertiary/aromatic N) is 1. The Morgan fingerprint density at radius 2 is 2.38 bits per heavy atom. The first-order chi connectivity index (χ1) is 6.29. The highest BCUT2D eigenvalue weighted by atomic mass is 16.5. The highest BCUT2D eigenvalue weighted by molar-refractivity contribution is 5.67. The van der Waals surface area contributed by atoms with Crippen LogP contribution in [0.2, 0.25) is 0 Å². The average molecular weight is 181 g/mol. The van der Waals surface area contributed by atoms with Crippen LogP contribution in [0.25, 0.3) is 0 Å². The Balaban J connectivity index is 2.03. The normalized spacial score (nSPS) is 31.6. The molecule has 0 radical (unpaired) electrons. The fourth-order valence-electron chi connectivity index (χ4n) is 2.30. The Hall–Kier alpha value is -0.990. The summed E-state index contributed by atoms with van der Waals surface area (Å²) in [6.45, 7) is 1.70. The van der Waals surface area contributed by atoms with Crippen LogP contribution < -0.4 is 0 Å². The van der Waals surface area contributed by atoms with Crippen molar-refractivity contribution in [2.24, 2.45) is 11.8 Å². The molecule has 1 fully saturated rings. The lowest BCUT2D eigenvalue weighted by atomic mass is 9.83. The largest absolute Gasteiger partial charge is 0.453 e. The smallest absolute Gasteiger partial charge is 0.409 e. The summed E-state index contributed by atoms with van der Waals surface area (Å²) in [6, 6.07) is 0. The molecule has 1 aliphatic carbocycles. The second-order valence-electron chi connectivity index (χ2n) is 3.90. The summed E-state index contributed by atoms with van der Waals surface area (Å²) in [5.74, 6) is 1.22. The molecule has 2 bridgehead atoms. The van der Waals surface area contributed by atoms with Gasteiger partial charge < -0.3 is 9.64 Å². The lowest BCUT2D eigenvalue weighted by Gasteiger charge is -2.37. The topological polar surface area (TPSA) is 29.5 Å². The molecule has 0 N–H and O–H groups in total. The Morgan fingerprint density at radius 1 is 1.54 bits per heavy atom. The van der Waals surface area contributed by atoms with E-state index in [9.17, 15) is 4.79 Å². The Morgan fingerprint density at radius 3 is 3.08 bits per heavy atom. The molecule has 2 rings (SSSR count). The third-order valence-electron chi connectivity index (χ3n) is 2.88. The van der Waals surface area contributed by atoms with E-state index in [1.54, 1.807) is 0 Å². The first-order valence-electron chi connectivity index (χ1n) is 4.79. The number of ether oxygens (including phenoxy) is 1. The van der Waals surface area contributed by atoms with Crippen LogP contribution in [-0.2, 0) is 4.74 Å². The molecule has 0 aromatic heterocycles. The molecule has 0 saturated carbocycles. The van der Waals surface area contributed by atoms with Crippen molar-refractivity contribution in [2.75, 3.05) is 20.2 Å². The highest BCUT2D eigenvalue weighted by Gasteiger charge is 2.30. The molecule has 2 aliphatic rings. The maximum atomic E-state index is 11.3. The van der Waals surface area contributed by atoms with E-state index >= 15 is 0 Å². The van der Waals surface area contributed by atoms with Crippen LogP contribution in [0.3, 0.4) is 0 Å². The van der Waals surface area contributed by atoms with E-state index in [1.165, 1.54) is 13.5 Å². The summed E-state index contributed by atoms with van der Waals surface area (Å²) >= 11 is 0. The quantitative estimate of drug-likeness (QED) is 0.532. The molecule has 0 unspecified atom stereocenters. The molecule has 13 heavy (non-hydrogen) atoms. The number of carbonyl (C=O) groups is 1. The van der Waals surface area contributed by atoms with E-state index in [1.807, 2.05) is 4.90 Å². The number of rotatable bonds is 0. The summed E-state index contributed by atoms with van der Waals surface area (Å²) < 4.78 is 4.72. The number of carbonyl (C=O) groups excluding carboxylic acids is 1. The van der Waals surface area contributed by atoms with Crippen LogP contribution in [0, 0.1) is 11.8 Å². The van der Waals surface area contributed by atoms with Crippen LogP contribution in [-0.4, -0.2) is 31.2 Å². The average Bonchev–Trinajstić information content (AvgIpc) is 2.16. The standard InChI is InChI=1S/C10H15NO2/c1-13-10(12)11-6-8-3-2-4-9(5-8)7-11/h2-3,8-9H,4-7H2,1H3/t8-,9+/m0/s1. The van der Waals surface area contributed by atoms with E-state index in [2.05, 4.69) is 12.2 Å². The summed E-state index contributed by atoms with van der Waals surface area (Å²) in [5, 5.41) is 0. The zero-order valence-electron chi connectivity index (χ0n) is 7.90. The van der Waals surface area contributed by atoms with Gasteiger partial charge in [0.25, 0.3) is 0 Å². The molecule has 3 heteroatoms. The van der Waals surface area contributed by atoms with Crippen molar-refractivity contribution >= 4 is 6.09 Å². The van der Waals surface area contributed by atoms with Gasteiger partial charge in [-0.15, -0.1) is 0 Å². The van der Waals surface area contributed by atoms with Gasteiger partial charge in [-0.3, -0.25) is 0 Å². The minimum absolute atomic E-state index is 0.176. The number of amides is 1. The number of piperidine rings is 1. The molecule has 0 aromatic carbocycles.